The van der Waals surface area contributed by atoms with Crippen LogP contribution in [0.5, 0.6) is 5.75 Å². The molecule has 1 N–H and O–H groups in total. The predicted octanol–water partition coefficient (Wildman–Crippen LogP) is 3.24. The zero-order valence-electron chi connectivity index (χ0n) is 12.4. The summed E-state index contributed by atoms with van der Waals surface area (Å²) in [6.45, 7) is 10.6. The molecule has 0 aliphatic heterocycles. The highest BCUT2D eigenvalue weighted by atomic mass is 16.5. The third-order valence-corrected chi connectivity index (χ3v) is 2.66. The second-order valence-electron chi connectivity index (χ2n) is 5.08. The molecular formula is C16H27NO2. The molecule has 0 fully saturated rings. The lowest BCUT2D eigenvalue weighted by Crippen LogP contribution is -2.16. The molecule has 0 saturated heterocycles. The van der Waals surface area contributed by atoms with Gasteiger partial charge in [0, 0.05) is 19.8 Å². The predicted molar refractivity (Wildman–Crippen MR) is 79.6 cm³/mol. The van der Waals surface area contributed by atoms with Gasteiger partial charge in [-0.15, -0.1) is 0 Å². The van der Waals surface area contributed by atoms with Crippen molar-refractivity contribution in [1.29, 1.82) is 0 Å². The molecular weight excluding hydrogens is 238 g/mol. The molecule has 1 aromatic carbocycles. The number of ether oxygens (including phenoxy) is 2. The molecule has 0 aromatic heterocycles. The van der Waals surface area contributed by atoms with Crippen LogP contribution in [0.4, 0.5) is 0 Å². The Labute approximate surface area is 117 Å². The number of hydrogen-bond acceptors (Lipinski definition) is 3. The molecule has 0 amide bonds. The van der Waals surface area contributed by atoms with Crippen molar-refractivity contribution in [1.82, 2.24) is 5.32 Å². The normalized spacial score (nSPS) is 10.9. The largest absolute Gasteiger partial charge is 0.494 e. The van der Waals surface area contributed by atoms with E-state index in [-0.39, 0.29) is 0 Å². The summed E-state index contributed by atoms with van der Waals surface area (Å²) in [6.07, 6.45) is 1.06. The van der Waals surface area contributed by atoms with Crippen LogP contribution >= 0.6 is 0 Å². The summed E-state index contributed by atoms with van der Waals surface area (Å²) in [7, 11) is 0. The Morgan fingerprint density at radius 2 is 1.89 bits per heavy atom. The summed E-state index contributed by atoms with van der Waals surface area (Å²) in [5.41, 5.74) is 1.28. The first-order chi connectivity index (χ1) is 9.22. The van der Waals surface area contributed by atoms with Crippen molar-refractivity contribution in [2.45, 2.75) is 33.7 Å². The van der Waals surface area contributed by atoms with Gasteiger partial charge in [0.1, 0.15) is 5.75 Å². The Bertz CT molecular complexity index is 322. The fraction of sp³-hybridized carbons (Fsp3) is 0.625. The van der Waals surface area contributed by atoms with Gasteiger partial charge in [-0.2, -0.15) is 0 Å². The molecule has 19 heavy (non-hydrogen) atoms. The summed E-state index contributed by atoms with van der Waals surface area (Å²) in [6, 6.07) is 8.25. The Kier molecular flexibility index (Phi) is 8.26. The van der Waals surface area contributed by atoms with Crippen molar-refractivity contribution in [3.63, 3.8) is 0 Å². The molecule has 0 bridgehead atoms. The van der Waals surface area contributed by atoms with Gasteiger partial charge in [-0.25, -0.2) is 0 Å². The zero-order chi connectivity index (χ0) is 13.9. The number of benzene rings is 1. The topological polar surface area (TPSA) is 30.5 Å². The average molecular weight is 265 g/mol. The highest BCUT2D eigenvalue weighted by Crippen LogP contribution is 2.11. The van der Waals surface area contributed by atoms with Gasteiger partial charge in [-0.1, -0.05) is 26.0 Å². The van der Waals surface area contributed by atoms with E-state index in [2.05, 4.69) is 31.3 Å². The van der Waals surface area contributed by atoms with Crippen LogP contribution in [0.3, 0.4) is 0 Å². The molecule has 108 valence electrons. The van der Waals surface area contributed by atoms with E-state index in [1.54, 1.807) is 0 Å². The maximum Gasteiger partial charge on any atom is 0.119 e. The van der Waals surface area contributed by atoms with Crippen LogP contribution in [0.15, 0.2) is 24.3 Å². The minimum atomic E-state index is 0.622. The van der Waals surface area contributed by atoms with Crippen molar-refractivity contribution in [2.75, 3.05) is 26.4 Å². The van der Waals surface area contributed by atoms with Crippen molar-refractivity contribution in [3.05, 3.63) is 29.8 Å². The first kappa shape index (κ1) is 16.0. The monoisotopic (exact) mass is 265 g/mol. The van der Waals surface area contributed by atoms with Gasteiger partial charge >= 0.3 is 0 Å². The van der Waals surface area contributed by atoms with E-state index in [1.807, 2.05) is 19.1 Å². The maximum absolute atomic E-state index is 5.53. The van der Waals surface area contributed by atoms with Gasteiger partial charge in [0.15, 0.2) is 0 Å². The SMILES string of the molecule is CCOc1ccc(CNCCCOCC(C)C)cc1. The molecule has 1 aromatic rings. The summed E-state index contributed by atoms with van der Waals surface area (Å²) >= 11 is 0. The van der Waals surface area contributed by atoms with Crippen LogP contribution in [-0.2, 0) is 11.3 Å². The van der Waals surface area contributed by atoms with Crippen LogP contribution in [0.1, 0.15) is 32.8 Å². The van der Waals surface area contributed by atoms with E-state index in [0.717, 1.165) is 38.5 Å². The first-order valence-corrected chi connectivity index (χ1v) is 7.22. The molecule has 0 spiro atoms. The van der Waals surface area contributed by atoms with E-state index in [0.29, 0.717) is 12.5 Å². The molecule has 0 aliphatic carbocycles. The highest BCUT2D eigenvalue weighted by Gasteiger charge is 1.96. The van der Waals surface area contributed by atoms with E-state index in [4.69, 9.17) is 9.47 Å². The van der Waals surface area contributed by atoms with Crippen LogP contribution in [-0.4, -0.2) is 26.4 Å². The summed E-state index contributed by atoms with van der Waals surface area (Å²) in [5, 5.41) is 3.42. The molecule has 0 radical (unpaired) electrons. The lowest BCUT2D eigenvalue weighted by molar-refractivity contribution is 0.108. The van der Waals surface area contributed by atoms with Gasteiger partial charge in [-0.3, -0.25) is 0 Å². The van der Waals surface area contributed by atoms with Crippen LogP contribution in [0.2, 0.25) is 0 Å². The molecule has 3 heteroatoms. The second-order valence-corrected chi connectivity index (χ2v) is 5.08. The molecule has 0 aliphatic rings. The van der Waals surface area contributed by atoms with Crippen molar-refractivity contribution in [2.24, 2.45) is 5.92 Å². The third kappa shape index (κ3) is 7.85. The van der Waals surface area contributed by atoms with Crippen molar-refractivity contribution >= 4 is 0 Å². The molecule has 0 saturated carbocycles. The summed E-state index contributed by atoms with van der Waals surface area (Å²) < 4.78 is 10.9. The van der Waals surface area contributed by atoms with Crippen LogP contribution < -0.4 is 10.1 Å². The van der Waals surface area contributed by atoms with E-state index in [1.165, 1.54) is 5.56 Å². The lowest BCUT2D eigenvalue weighted by atomic mass is 10.2. The van der Waals surface area contributed by atoms with Gasteiger partial charge < -0.3 is 14.8 Å². The Balaban J connectivity index is 2.05. The van der Waals surface area contributed by atoms with Gasteiger partial charge in [0.2, 0.25) is 0 Å². The first-order valence-electron chi connectivity index (χ1n) is 7.22. The van der Waals surface area contributed by atoms with Crippen molar-refractivity contribution in [3.8, 4) is 5.75 Å². The van der Waals surface area contributed by atoms with E-state index in [9.17, 15) is 0 Å². The van der Waals surface area contributed by atoms with Crippen LogP contribution in [0, 0.1) is 5.92 Å². The Morgan fingerprint density at radius 1 is 1.16 bits per heavy atom. The third-order valence-electron chi connectivity index (χ3n) is 2.66. The Morgan fingerprint density at radius 3 is 2.53 bits per heavy atom. The van der Waals surface area contributed by atoms with E-state index < -0.39 is 0 Å². The average Bonchev–Trinajstić information content (AvgIpc) is 2.39. The second kappa shape index (κ2) is 9.82. The molecule has 0 atom stereocenters. The minimum Gasteiger partial charge on any atom is -0.494 e. The van der Waals surface area contributed by atoms with E-state index >= 15 is 0 Å². The number of hydrogen-bond donors (Lipinski definition) is 1. The summed E-state index contributed by atoms with van der Waals surface area (Å²) in [5.74, 6) is 1.56. The van der Waals surface area contributed by atoms with Gasteiger partial charge in [-0.05, 0) is 43.5 Å². The Hall–Kier alpha value is -1.06. The molecule has 3 nitrogen and oxygen atoms in total. The molecule has 0 unspecified atom stereocenters. The quantitative estimate of drug-likeness (QED) is 0.659. The fourth-order valence-corrected chi connectivity index (χ4v) is 1.72. The van der Waals surface area contributed by atoms with Crippen molar-refractivity contribution < 1.29 is 9.47 Å². The minimum absolute atomic E-state index is 0.622. The highest BCUT2D eigenvalue weighted by molar-refractivity contribution is 5.27. The van der Waals surface area contributed by atoms with Crippen LogP contribution in [0.25, 0.3) is 0 Å². The molecule has 1 rings (SSSR count). The van der Waals surface area contributed by atoms with Gasteiger partial charge in [0.25, 0.3) is 0 Å². The molecule has 0 heterocycles. The standard InChI is InChI=1S/C16H27NO2/c1-4-19-16-8-6-15(7-9-16)12-17-10-5-11-18-13-14(2)3/h6-9,14,17H,4-5,10-13H2,1-3H3. The number of rotatable bonds is 10. The fourth-order valence-electron chi connectivity index (χ4n) is 1.72. The zero-order valence-corrected chi connectivity index (χ0v) is 12.4. The smallest absolute Gasteiger partial charge is 0.119 e. The maximum atomic E-state index is 5.53. The van der Waals surface area contributed by atoms with Gasteiger partial charge in [0.05, 0.1) is 6.61 Å². The summed E-state index contributed by atoms with van der Waals surface area (Å²) in [4.78, 5) is 0. The number of nitrogens with one attached hydrogen (secondary N) is 1. The lowest BCUT2D eigenvalue weighted by Gasteiger charge is -2.08.